The number of phosphoric acid groups is 2. The fourth-order valence-electron chi connectivity index (χ4n) is 0.492. The highest BCUT2D eigenvalue weighted by molar-refractivity contribution is 7.60. The first-order valence-electron chi connectivity index (χ1n) is 4.34. The second-order valence-electron chi connectivity index (χ2n) is 3.20. The van der Waals surface area contributed by atoms with Gasteiger partial charge in [-0.2, -0.15) is 4.31 Å². The number of hydrogen-bond donors (Lipinski definition) is 6. The average Bonchev–Trinajstić information content (AvgIpc) is 1.96. The van der Waals surface area contributed by atoms with Crippen molar-refractivity contribution in [2.75, 3.05) is 0 Å². The average molecular weight is 310 g/mol. The molecule has 0 rings (SSSR count). The molecule has 0 spiro atoms. The summed E-state index contributed by atoms with van der Waals surface area (Å²) < 4.78 is 22.2. The molecule has 0 aromatic rings. The van der Waals surface area contributed by atoms with Gasteiger partial charge in [-0.25, -0.2) is 9.13 Å². The standard InChI is InChI=1S/C7H14.2H3N.H4O7P2/c1-5-7(4)6(2)3;;;1-8(2,3)7-9(4,5)6/h5H2,1-4H3;2*1H3;(H2,1,2,3)(H2,4,5,6). The van der Waals surface area contributed by atoms with Crippen LogP contribution >= 0.6 is 15.6 Å². The summed E-state index contributed by atoms with van der Waals surface area (Å²) in [4.78, 5) is 31.0. The van der Waals surface area contributed by atoms with E-state index < -0.39 is 15.6 Å². The first-order chi connectivity index (χ1) is 6.89. The molecular weight excluding hydrogens is 286 g/mol. The zero-order valence-electron chi connectivity index (χ0n) is 11.0. The Labute approximate surface area is 107 Å². The third kappa shape index (κ3) is 24.9. The Morgan fingerprint density at radius 3 is 1.22 bits per heavy atom. The lowest BCUT2D eigenvalue weighted by atomic mass is 10.1. The SMILES string of the molecule is CCC(C)=C(C)C.N.N.O=P(O)(O)OP(=O)(O)O. The molecule has 0 fully saturated rings. The lowest BCUT2D eigenvalue weighted by molar-refractivity contribution is 0.225. The van der Waals surface area contributed by atoms with Gasteiger partial charge in [0.2, 0.25) is 0 Å². The van der Waals surface area contributed by atoms with Crippen LogP contribution in [0.15, 0.2) is 11.1 Å². The quantitative estimate of drug-likeness (QED) is 0.334. The minimum absolute atomic E-state index is 0. The van der Waals surface area contributed by atoms with Gasteiger partial charge in [0, 0.05) is 0 Å². The van der Waals surface area contributed by atoms with Gasteiger partial charge in [-0.15, -0.1) is 0 Å². The summed E-state index contributed by atoms with van der Waals surface area (Å²) in [5.41, 5.74) is 2.97. The summed E-state index contributed by atoms with van der Waals surface area (Å²) >= 11 is 0. The molecule has 0 radical (unpaired) electrons. The molecule has 0 heterocycles. The van der Waals surface area contributed by atoms with Crippen LogP contribution in [0.2, 0.25) is 0 Å². The molecule has 11 heteroatoms. The maximum Gasteiger partial charge on any atom is 0.478 e. The van der Waals surface area contributed by atoms with E-state index in [9.17, 15) is 9.13 Å². The molecule has 18 heavy (non-hydrogen) atoms. The predicted molar refractivity (Wildman–Crippen MR) is 69.6 cm³/mol. The third-order valence-corrected chi connectivity index (χ3v) is 3.30. The fourth-order valence-corrected chi connectivity index (χ4v) is 1.60. The Balaban J connectivity index is -0.000000100. The van der Waals surface area contributed by atoms with E-state index in [0.717, 1.165) is 0 Å². The maximum atomic E-state index is 9.63. The zero-order chi connectivity index (χ0) is 13.6. The Morgan fingerprint density at radius 2 is 1.22 bits per heavy atom. The van der Waals surface area contributed by atoms with E-state index in [-0.39, 0.29) is 12.3 Å². The summed E-state index contributed by atoms with van der Waals surface area (Å²) in [6, 6.07) is 0. The van der Waals surface area contributed by atoms with Crippen LogP contribution in [0.4, 0.5) is 0 Å². The first kappa shape index (κ1) is 26.5. The van der Waals surface area contributed by atoms with Crippen molar-refractivity contribution in [1.82, 2.24) is 12.3 Å². The van der Waals surface area contributed by atoms with Crippen LogP contribution in [-0.4, -0.2) is 19.6 Å². The molecule has 0 bridgehead atoms. The lowest BCUT2D eigenvalue weighted by Gasteiger charge is -2.03. The second kappa shape index (κ2) is 10.8. The van der Waals surface area contributed by atoms with Crippen molar-refractivity contribution in [2.24, 2.45) is 0 Å². The van der Waals surface area contributed by atoms with Crippen molar-refractivity contribution in [3.8, 4) is 0 Å². The topological polar surface area (TPSA) is 194 Å². The molecule has 0 aliphatic heterocycles. The molecule has 0 aromatic carbocycles. The summed E-state index contributed by atoms with van der Waals surface area (Å²) in [6.45, 7) is 8.66. The van der Waals surface area contributed by atoms with E-state index in [2.05, 4.69) is 32.0 Å². The fraction of sp³-hybridized carbons (Fsp3) is 0.714. The van der Waals surface area contributed by atoms with Crippen LogP contribution in [0.5, 0.6) is 0 Å². The van der Waals surface area contributed by atoms with Crippen LogP contribution in [0.3, 0.4) is 0 Å². The van der Waals surface area contributed by atoms with Gasteiger partial charge in [0.1, 0.15) is 0 Å². The van der Waals surface area contributed by atoms with Gasteiger partial charge in [-0.3, -0.25) is 0 Å². The monoisotopic (exact) mass is 310 g/mol. The molecule has 0 aromatic heterocycles. The Morgan fingerprint density at radius 1 is 0.944 bits per heavy atom. The molecule has 0 amide bonds. The van der Waals surface area contributed by atoms with Crippen molar-refractivity contribution < 1.29 is 33.0 Å². The first-order valence-corrected chi connectivity index (χ1v) is 7.40. The van der Waals surface area contributed by atoms with Crippen LogP contribution in [0, 0.1) is 0 Å². The van der Waals surface area contributed by atoms with Crippen LogP contribution in [-0.2, 0) is 13.4 Å². The van der Waals surface area contributed by atoms with Gasteiger partial charge < -0.3 is 31.9 Å². The highest BCUT2D eigenvalue weighted by Crippen LogP contribution is 2.53. The predicted octanol–water partition coefficient (Wildman–Crippen LogP) is 2.27. The minimum Gasteiger partial charge on any atom is -0.344 e. The lowest BCUT2D eigenvalue weighted by Crippen LogP contribution is -1.84. The van der Waals surface area contributed by atoms with E-state index in [0.29, 0.717) is 0 Å². The van der Waals surface area contributed by atoms with Gasteiger partial charge in [0.25, 0.3) is 0 Å². The molecule has 0 saturated heterocycles. The molecule has 0 saturated carbocycles. The van der Waals surface area contributed by atoms with E-state index >= 15 is 0 Å². The van der Waals surface area contributed by atoms with Crippen molar-refractivity contribution in [1.29, 1.82) is 0 Å². The summed E-state index contributed by atoms with van der Waals surface area (Å²) in [5, 5.41) is 0. The maximum absolute atomic E-state index is 9.63. The highest BCUT2D eigenvalue weighted by Gasteiger charge is 2.27. The van der Waals surface area contributed by atoms with Crippen LogP contribution < -0.4 is 12.3 Å². The number of rotatable bonds is 3. The van der Waals surface area contributed by atoms with Crippen LogP contribution in [0.25, 0.3) is 0 Å². The second-order valence-corrected chi connectivity index (χ2v) is 5.81. The van der Waals surface area contributed by atoms with Gasteiger partial charge in [-0.1, -0.05) is 18.1 Å². The van der Waals surface area contributed by atoms with E-state index in [1.165, 1.54) is 17.6 Å². The van der Waals surface area contributed by atoms with E-state index in [1.54, 1.807) is 0 Å². The van der Waals surface area contributed by atoms with Crippen molar-refractivity contribution in [3.63, 3.8) is 0 Å². The van der Waals surface area contributed by atoms with Crippen molar-refractivity contribution in [3.05, 3.63) is 11.1 Å². The third-order valence-electron chi connectivity index (χ3n) is 1.60. The van der Waals surface area contributed by atoms with Gasteiger partial charge in [-0.05, 0) is 27.2 Å². The van der Waals surface area contributed by atoms with E-state index in [4.69, 9.17) is 19.6 Å². The molecule has 9 nitrogen and oxygen atoms in total. The van der Waals surface area contributed by atoms with Crippen molar-refractivity contribution >= 4 is 15.6 Å². The largest absolute Gasteiger partial charge is 0.478 e. The highest BCUT2D eigenvalue weighted by atomic mass is 31.3. The molecule has 0 aliphatic rings. The van der Waals surface area contributed by atoms with Crippen molar-refractivity contribution in [2.45, 2.75) is 34.1 Å². The van der Waals surface area contributed by atoms with E-state index in [1.807, 2.05) is 0 Å². The number of hydrogen-bond acceptors (Lipinski definition) is 5. The molecular formula is C7H24N2O7P2. The summed E-state index contributed by atoms with van der Waals surface area (Å²) in [7, 11) is -10.1. The molecule has 114 valence electrons. The minimum atomic E-state index is -5.05. The molecule has 0 aliphatic carbocycles. The van der Waals surface area contributed by atoms with Crippen LogP contribution in [0.1, 0.15) is 34.1 Å². The summed E-state index contributed by atoms with van der Waals surface area (Å²) in [6.07, 6.45) is 1.20. The summed E-state index contributed by atoms with van der Waals surface area (Å²) in [5.74, 6) is 0. The molecule has 0 atom stereocenters. The van der Waals surface area contributed by atoms with Gasteiger partial charge >= 0.3 is 15.6 Å². The number of allylic oxidation sites excluding steroid dienone is 2. The smallest absolute Gasteiger partial charge is 0.344 e. The van der Waals surface area contributed by atoms with Gasteiger partial charge in [0.05, 0.1) is 0 Å². The Hall–Kier alpha value is -0.0800. The van der Waals surface area contributed by atoms with Gasteiger partial charge in [0.15, 0.2) is 0 Å². The zero-order valence-corrected chi connectivity index (χ0v) is 12.8. The normalized spacial score (nSPS) is 10.2. The Bertz CT molecular complexity index is 309. The molecule has 0 unspecified atom stereocenters. The Kier molecular flexibility index (Phi) is 15.9. The molecule has 10 N–H and O–H groups in total.